The van der Waals surface area contributed by atoms with Crippen LogP contribution in [0.15, 0.2) is 23.1 Å². The molecular weight excluding hydrogens is 195 g/mol. The highest BCUT2D eigenvalue weighted by molar-refractivity contribution is 5.17. The van der Waals surface area contributed by atoms with Crippen molar-refractivity contribution in [1.82, 2.24) is 4.98 Å². The van der Waals surface area contributed by atoms with Crippen molar-refractivity contribution in [1.29, 1.82) is 0 Å². The van der Waals surface area contributed by atoms with Crippen LogP contribution in [-0.4, -0.2) is 11.2 Å². The summed E-state index contributed by atoms with van der Waals surface area (Å²) < 4.78 is 37.6. The van der Waals surface area contributed by atoms with E-state index in [2.05, 4.69) is 4.98 Å². The van der Waals surface area contributed by atoms with E-state index in [1.165, 1.54) is 12.3 Å². The van der Waals surface area contributed by atoms with Crippen LogP contribution in [0.2, 0.25) is 0 Å². The van der Waals surface area contributed by atoms with E-state index in [0.29, 0.717) is 0 Å². The lowest BCUT2D eigenvalue weighted by atomic mass is 9.88. The van der Waals surface area contributed by atoms with Crippen molar-refractivity contribution in [2.75, 3.05) is 0 Å². The maximum atomic E-state index is 12.5. The maximum Gasteiger partial charge on any atom is 0.399 e. The number of pyridine rings is 1. The summed E-state index contributed by atoms with van der Waals surface area (Å²) in [5, 5.41) is 0. The molecule has 0 radical (unpaired) electrons. The monoisotopic (exact) mass is 205 g/mol. The highest BCUT2D eigenvalue weighted by Gasteiger charge is 2.49. The third-order valence-electron chi connectivity index (χ3n) is 2.16. The summed E-state index contributed by atoms with van der Waals surface area (Å²) in [6.07, 6.45) is -3.16. The Morgan fingerprint density at radius 3 is 2.29 bits per heavy atom. The molecule has 0 atom stereocenters. The van der Waals surface area contributed by atoms with Crippen LogP contribution >= 0.6 is 0 Å². The molecule has 0 aromatic carbocycles. The standard InChI is InChI=1S/C9H10F3NO/c1-8(2,9(10,11)12)7-5-6(14)3-4-13-7/h3-5H,1-2H3,(H,13,14). The predicted octanol–water partition coefficient (Wildman–Crippen LogP) is 2.21. The zero-order chi connectivity index (χ0) is 11.0. The topological polar surface area (TPSA) is 32.9 Å². The van der Waals surface area contributed by atoms with Gasteiger partial charge in [-0.05, 0) is 13.8 Å². The second-order valence-corrected chi connectivity index (χ2v) is 3.56. The van der Waals surface area contributed by atoms with Gasteiger partial charge in [0, 0.05) is 24.0 Å². The van der Waals surface area contributed by atoms with Gasteiger partial charge in [0.05, 0.1) is 0 Å². The summed E-state index contributed by atoms with van der Waals surface area (Å²) in [6.45, 7) is 2.05. The lowest BCUT2D eigenvalue weighted by Gasteiger charge is -2.27. The number of halogens is 3. The van der Waals surface area contributed by atoms with Gasteiger partial charge in [0.15, 0.2) is 5.43 Å². The van der Waals surface area contributed by atoms with E-state index in [0.717, 1.165) is 19.9 Å². The third-order valence-corrected chi connectivity index (χ3v) is 2.16. The summed E-state index contributed by atoms with van der Waals surface area (Å²) in [6, 6.07) is 2.14. The van der Waals surface area contributed by atoms with Gasteiger partial charge < -0.3 is 4.98 Å². The molecule has 0 amide bonds. The van der Waals surface area contributed by atoms with Gasteiger partial charge in [0.25, 0.3) is 0 Å². The molecule has 0 aliphatic heterocycles. The molecule has 78 valence electrons. The molecule has 2 nitrogen and oxygen atoms in total. The molecule has 0 aliphatic carbocycles. The van der Waals surface area contributed by atoms with Gasteiger partial charge in [-0.2, -0.15) is 13.2 Å². The van der Waals surface area contributed by atoms with Crippen LogP contribution in [0.3, 0.4) is 0 Å². The van der Waals surface area contributed by atoms with Crippen molar-refractivity contribution < 1.29 is 13.2 Å². The fraction of sp³-hybridized carbons (Fsp3) is 0.444. The Morgan fingerprint density at radius 2 is 1.86 bits per heavy atom. The quantitative estimate of drug-likeness (QED) is 0.749. The minimum atomic E-state index is -4.38. The summed E-state index contributed by atoms with van der Waals surface area (Å²) >= 11 is 0. The first-order valence-electron chi connectivity index (χ1n) is 4.01. The van der Waals surface area contributed by atoms with E-state index in [4.69, 9.17) is 0 Å². The van der Waals surface area contributed by atoms with Gasteiger partial charge in [-0.1, -0.05) is 0 Å². The zero-order valence-electron chi connectivity index (χ0n) is 7.77. The minimum Gasteiger partial charge on any atom is -0.364 e. The van der Waals surface area contributed by atoms with Crippen molar-refractivity contribution in [3.8, 4) is 0 Å². The average Bonchev–Trinajstić information content (AvgIpc) is 2.02. The molecule has 0 spiro atoms. The van der Waals surface area contributed by atoms with Crippen molar-refractivity contribution in [3.63, 3.8) is 0 Å². The Bertz CT molecular complexity index is 378. The van der Waals surface area contributed by atoms with Crippen molar-refractivity contribution in [2.45, 2.75) is 25.4 Å². The summed E-state index contributed by atoms with van der Waals surface area (Å²) in [5.74, 6) is 0. The van der Waals surface area contributed by atoms with Crippen LogP contribution in [0.5, 0.6) is 0 Å². The second-order valence-electron chi connectivity index (χ2n) is 3.56. The fourth-order valence-electron chi connectivity index (χ4n) is 0.959. The number of rotatable bonds is 1. The highest BCUT2D eigenvalue weighted by Crippen LogP contribution is 2.38. The van der Waals surface area contributed by atoms with Crippen LogP contribution in [0.4, 0.5) is 13.2 Å². The molecule has 1 aromatic rings. The Kier molecular flexibility index (Phi) is 2.43. The summed E-state index contributed by atoms with van der Waals surface area (Å²) in [7, 11) is 0. The number of alkyl halides is 3. The van der Waals surface area contributed by atoms with Crippen LogP contribution < -0.4 is 5.43 Å². The van der Waals surface area contributed by atoms with Crippen molar-refractivity contribution in [3.05, 3.63) is 34.2 Å². The fourth-order valence-corrected chi connectivity index (χ4v) is 0.959. The molecule has 1 rings (SSSR count). The van der Waals surface area contributed by atoms with Crippen LogP contribution in [0.25, 0.3) is 0 Å². The van der Waals surface area contributed by atoms with E-state index in [-0.39, 0.29) is 5.69 Å². The molecule has 0 fully saturated rings. The molecule has 5 heteroatoms. The molecule has 0 saturated heterocycles. The Labute approximate surface area is 78.8 Å². The van der Waals surface area contributed by atoms with Gasteiger partial charge in [-0.3, -0.25) is 4.79 Å². The van der Waals surface area contributed by atoms with Crippen molar-refractivity contribution >= 4 is 0 Å². The number of hydrogen-bond acceptors (Lipinski definition) is 1. The number of aromatic nitrogens is 1. The first-order chi connectivity index (χ1) is 6.25. The summed E-state index contributed by atoms with van der Waals surface area (Å²) in [4.78, 5) is 13.3. The van der Waals surface area contributed by atoms with Gasteiger partial charge in [-0.15, -0.1) is 0 Å². The van der Waals surface area contributed by atoms with E-state index in [1.807, 2.05) is 0 Å². The molecular formula is C9H10F3NO. The number of aromatic amines is 1. The van der Waals surface area contributed by atoms with E-state index in [9.17, 15) is 18.0 Å². The lowest BCUT2D eigenvalue weighted by molar-refractivity contribution is -0.181. The van der Waals surface area contributed by atoms with E-state index >= 15 is 0 Å². The molecule has 1 heterocycles. The summed E-state index contributed by atoms with van der Waals surface area (Å²) in [5.41, 5.74) is -2.60. The molecule has 0 unspecified atom stereocenters. The smallest absolute Gasteiger partial charge is 0.364 e. The van der Waals surface area contributed by atoms with Gasteiger partial charge in [0.2, 0.25) is 0 Å². The Balaban J connectivity index is 3.23. The molecule has 0 aliphatic rings. The number of hydrogen-bond donors (Lipinski definition) is 1. The highest BCUT2D eigenvalue weighted by atomic mass is 19.4. The predicted molar refractivity (Wildman–Crippen MR) is 46.1 cm³/mol. The average molecular weight is 205 g/mol. The van der Waals surface area contributed by atoms with E-state index < -0.39 is 17.0 Å². The minimum absolute atomic E-state index is 0.127. The molecule has 0 saturated carbocycles. The van der Waals surface area contributed by atoms with Gasteiger partial charge in [0.1, 0.15) is 5.41 Å². The van der Waals surface area contributed by atoms with Gasteiger partial charge in [-0.25, -0.2) is 0 Å². The number of nitrogens with one attached hydrogen (secondary N) is 1. The lowest BCUT2D eigenvalue weighted by Crippen LogP contribution is -2.37. The second kappa shape index (κ2) is 3.15. The molecule has 14 heavy (non-hydrogen) atoms. The number of H-pyrrole nitrogens is 1. The molecule has 1 aromatic heterocycles. The molecule has 0 bridgehead atoms. The molecule has 1 N–H and O–H groups in total. The third kappa shape index (κ3) is 1.81. The normalized spacial score (nSPS) is 12.9. The SMILES string of the molecule is CC(C)(c1cc(=O)cc[nH]1)C(F)(F)F. The van der Waals surface area contributed by atoms with Crippen LogP contribution in [0, 0.1) is 0 Å². The maximum absolute atomic E-state index is 12.5. The van der Waals surface area contributed by atoms with E-state index in [1.54, 1.807) is 0 Å². The zero-order valence-corrected chi connectivity index (χ0v) is 7.77. The van der Waals surface area contributed by atoms with Gasteiger partial charge >= 0.3 is 6.18 Å². The van der Waals surface area contributed by atoms with Crippen LogP contribution in [0.1, 0.15) is 19.5 Å². The first-order valence-corrected chi connectivity index (χ1v) is 4.01. The first kappa shape index (κ1) is 10.8. The largest absolute Gasteiger partial charge is 0.399 e. The van der Waals surface area contributed by atoms with Crippen LogP contribution in [-0.2, 0) is 5.41 Å². The Hall–Kier alpha value is -1.26. The van der Waals surface area contributed by atoms with Crippen molar-refractivity contribution in [2.24, 2.45) is 0 Å². The Morgan fingerprint density at radius 1 is 1.29 bits per heavy atom.